The van der Waals surface area contributed by atoms with E-state index in [0.29, 0.717) is 51.1 Å². The van der Waals surface area contributed by atoms with Crippen LogP contribution in [0, 0.1) is 0 Å². The Balaban J connectivity index is 1.49. The van der Waals surface area contributed by atoms with E-state index in [9.17, 15) is 13.2 Å². The summed E-state index contributed by atoms with van der Waals surface area (Å²) in [7, 11) is 0. The predicted molar refractivity (Wildman–Crippen MR) is 127 cm³/mol. The van der Waals surface area contributed by atoms with Crippen molar-refractivity contribution in [2.24, 2.45) is 0 Å². The molecule has 12 heteroatoms. The normalized spacial score (nSPS) is 18.4. The van der Waals surface area contributed by atoms with Gasteiger partial charge in [-0.3, -0.25) is 0 Å². The number of aromatic nitrogens is 2. The molecule has 0 spiro atoms. The zero-order valence-electron chi connectivity index (χ0n) is 18.3. The van der Waals surface area contributed by atoms with Crippen molar-refractivity contribution in [2.45, 2.75) is 24.4 Å². The van der Waals surface area contributed by atoms with Crippen molar-refractivity contribution in [3.8, 4) is 0 Å². The minimum atomic E-state index is -4.61. The first-order valence-electron chi connectivity index (χ1n) is 10.9. The second-order valence-corrected chi connectivity index (χ2v) is 9.08. The zero-order valence-corrected chi connectivity index (χ0v) is 19.9. The van der Waals surface area contributed by atoms with Crippen molar-refractivity contribution < 1.29 is 22.6 Å². The van der Waals surface area contributed by atoms with Gasteiger partial charge in [0.1, 0.15) is 5.82 Å². The Kier molecular flexibility index (Phi) is 7.76. The summed E-state index contributed by atoms with van der Waals surface area (Å²) in [5.41, 5.74) is -0.181. The van der Waals surface area contributed by atoms with Crippen molar-refractivity contribution in [1.82, 2.24) is 15.3 Å². The van der Waals surface area contributed by atoms with Gasteiger partial charge in [0.2, 0.25) is 5.95 Å². The number of ether oxygens (including phenoxy) is 2. The zero-order chi connectivity index (χ0) is 24.2. The summed E-state index contributed by atoms with van der Waals surface area (Å²) >= 11 is 11.4. The molecule has 0 bridgehead atoms. The third kappa shape index (κ3) is 6.07. The summed E-state index contributed by atoms with van der Waals surface area (Å²) in [5.74, 6) is -0.0284. The van der Waals surface area contributed by atoms with Crippen LogP contribution in [0.15, 0.2) is 30.3 Å². The highest BCUT2D eigenvalue weighted by Gasteiger charge is 2.36. The van der Waals surface area contributed by atoms with E-state index in [1.807, 2.05) is 24.3 Å². The second-order valence-electron chi connectivity index (χ2n) is 8.24. The number of benzene rings is 1. The standard InChI is InChI=1S/C22H25ClF3N5O2S/c23-16-3-1-15(2-4-16)21(5-9-32-10-6-21)14-27-20(34)30-19-28-17(22(24,25)26)13-18(29-19)31-7-11-33-12-8-31/h1-4,13H,5-12,14H2,(H2,27,28,29,30,34). The molecule has 2 aliphatic rings. The molecule has 0 saturated carbocycles. The summed E-state index contributed by atoms with van der Waals surface area (Å²) in [4.78, 5) is 9.66. The summed E-state index contributed by atoms with van der Waals surface area (Å²) in [5, 5.41) is 6.68. The van der Waals surface area contributed by atoms with E-state index < -0.39 is 11.9 Å². The number of hydrogen-bond acceptors (Lipinski definition) is 6. The Labute approximate surface area is 206 Å². The Morgan fingerprint density at radius 3 is 2.35 bits per heavy atom. The summed E-state index contributed by atoms with van der Waals surface area (Å²) in [6.07, 6.45) is -3.08. The average molecular weight is 516 g/mol. The van der Waals surface area contributed by atoms with Crippen LogP contribution in [0.1, 0.15) is 24.1 Å². The molecule has 0 amide bonds. The lowest BCUT2D eigenvalue weighted by atomic mass is 9.74. The molecule has 2 fully saturated rings. The maximum Gasteiger partial charge on any atom is 0.433 e. The van der Waals surface area contributed by atoms with Gasteiger partial charge in [-0.2, -0.15) is 18.2 Å². The van der Waals surface area contributed by atoms with Gasteiger partial charge in [-0.1, -0.05) is 23.7 Å². The van der Waals surface area contributed by atoms with Crippen molar-refractivity contribution in [1.29, 1.82) is 0 Å². The molecule has 2 saturated heterocycles. The van der Waals surface area contributed by atoms with E-state index in [2.05, 4.69) is 20.6 Å². The molecule has 1 aromatic heterocycles. The van der Waals surface area contributed by atoms with E-state index in [1.165, 1.54) is 0 Å². The summed E-state index contributed by atoms with van der Waals surface area (Å²) < 4.78 is 51.3. The molecule has 0 unspecified atom stereocenters. The van der Waals surface area contributed by atoms with Crippen LogP contribution in [0.3, 0.4) is 0 Å². The molecule has 1 aromatic carbocycles. The number of anilines is 2. The molecule has 7 nitrogen and oxygen atoms in total. The number of rotatable bonds is 5. The molecule has 0 radical (unpaired) electrons. The first kappa shape index (κ1) is 24.9. The third-order valence-corrected chi connectivity index (χ3v) is 6.56. The number of nitrogens with one attached hydrogen (secondary N) is 2. The molecule has 3 heterocycles. The molecule has 0 aliphatic carbocycles. The van der Waals surface area contributed by atoms with Crippen molar-refractivity contribution >= 4 is 40.7 Å². The molecule has 2 N–H and O–H groups in total. The van der Waals surface area contributed by atoms with Crippen molar-refractivity contribution in [3.63, 3.8) is 0 Å². The van der Waals surface area contributed by atoms with Gasteiger partial charge >= 0.3 is 6.18 Å². The van der Waals surface area contributed by atoms with Gasteiger partial charge < -0.3 is 25.0 Å². The van der Waals surface area contributed by atoms with Crippen LogP contribution in [0.25, 0.3) is 0 Å². The van der Waals surface area contributed by atoms with Gasteiger partial charge in [-0.05, 0) is 42.8 Å². The van der Waals surface area contributed by atoms with E-state index in [4.69, 9.17) is 33.3 Å². The molecule has 34 heavy (non-hydrogen) atoms. The number of morpholine rings is 1. The minimum Gasteiger partial charge on any atom is -0.381 e. The summed E-state index contributed by atoms with van der Waals surface area (Å²) in [6.45, 7) is 3.41. The van der Waals surface area contributed by atoms with Crippen LogP contribution in [0.4, 0.5) is 24.9 Å². The fourth-order valence-corrected chi connectivity index (χ4v) is 4.41. The van der Waals surface area contributed by atoms with Crippen LogP contribution < -0.4 is 15.5 Å². The first-order valence-corrected chi connectivity index (χ1v) is 11.7. The quantitative estimate of drug-likeness (QED) is 0.579. The lowest BCUT2D eigenvalue weighted by Gasteiger charge is -2.38. The van der Waals surface area contributed by atoms with E-state index in [1.54, 1.807) is 4.90 Å². The van der Waals surface area contributed by atoms with Crippen molar-refractivity contribution in [2.75, 3.05) is 56.3 Å². The lowest BCUT2D eigenvalue weighted by molar-refractivity contribution is -0.141. The fourth-order valence-electron chi connectivity index (χ4n) is 4.12. The summed E-state index contributed by atoms with van der Waals surface area (Å²) in [6, 6.07) is 8.60. The van der Waals surface area contributed by atoms with Crippen molar-refractivity contribution in [3.05, 3.63) is 46.6 Å². The number of hydrogen-bond donors (Lipinski definition) is 2. The average Bonchev–Trinajstić information content (AvgIpc) is 2.83. The number of halogens is 4. The van der Waals surface area contributed by atoms with Crippen LogP contribution in [0.5, 0.6) is 0 Å². The maximum atomic E-state index is 13.5. The minimum absolute atomic E-state index is 0.145. The largest absolute Gasteiger partial charge is 0.433 e. The fraction of sp³-hybridized carbons (Fsp3) is 0.500. The third-order valence-electron chi connectivity index (χ3n) is 6.06. The number of nitrogens with zero attached hydrogens (tertiary/aromatic N) is 3. The Bertz CT molecular complexity index is 997. The van der Waals surface area contributed by atoms with E-state index >= 15 is 0 Å². The molecular formula is C22H25ClF3N5O2S. The molecule has 2 aliphatic heterocycles. The topological polar surface area (TPSA) is 71.5 Å². The van der Waals surface area contributed by atoms with Gasteiger partial charge in [0.05, 0.1) is 13.2 Å². The highest BCUT2D eigenvalue weighted by Crippen LogP contribution is 2.35. The molecule has 4 rings (SSSR count). The molecule has 0 atom stereocenters. The monoisotopic (exact) mass is 515 g/mol. The Morgan fingerprint density at radius 1 is 1.06 bits per heavy atom. The van der Waals surface area contributed by atoms with Crippen LogP contribution in [-0.2, 0) is 21.1 Å². The maximum absolute atomic E-state index is 13.5. The van der Waals surface area contributed by atoms with Gasteiger partial charge in [0.15, 0.2) is 10.8 Å². The molecule has 184 valence electrons. The van der Waals surface area contributed by atoms with Gasteiger partial charge in [0.25, 0.3) is 0 Å². The highest BCUT2D eigenvalue weighted by atomic mass is 35.5. The van der Waals surface area contributed by atoms with Crippen LogP contribution in [-0.4, -0.2) is 61.1 Å². The number of thiocarbonyl (C=S) groups is 1. The first-order chi connectivity index (χ1) is 16.2. The molecule has 2 aromatic rings. The van der Waals surface area contributed by atoms with E-state index in [-0.39, 0.29) is 22.3 Å². The van der Waals surface area contributed by atoms with Gasteiger partial charge in [-0.15, -0.1) is 0 Å². The predicted octanol–water partition coefficient (Wildman–Crippen LogP) is 4.02. The Morgan fingerprint density at radius 2 is 1.71 bits per heavy atom. The smallest absolute Gasteiger partial charge is 0.381 e. The van der Waals surface area contributed by atoms with E-state index in [0.717, 1.165) is 24.5 Å². The highest BCUT2D eigenvalue weighted by molar-refractivity contribution is 7.80. The van der Waals surface area contributed by atoms with Gasteiger partial charge in [0, 0.05) is 49.4 Å². The Hall–Kier alpha value is -2.21. The number of alkyl halides is 3. The lowest BCUT2D eigenvalue weighted by Crippen LogP contribution is -2.45. The second kappa shape index (κ2) is 10.6. The van der Waals surface area contributed by atoms with Crippen LogP contribution >= 0.6 is 23.8 Å². The SMILES string of the molecule is FC(F)(F)c1cc(N2CCOCC2)nc(NC(=S)NCC2(c3ccc(Cl)cc3)CCOCC2)n1. The molecular weight excluding hydrogens is 491 g/mol. The van der Waals surface area contributed by atoms with Gasteiger partial charge in [-0.25, -0.2) is 4.98 Å². The van der Waals surface area contributed by atoms with Crippen LogP contribution in [0.2, 0.25) is 5.02 Å².